The number of quaternary nitrogens is 1. The molecular formula is C78H145N2O7P. The van der Waals surface area contributed by atoms with Crippen LogP contribution in [-0.4, -0.2) is 69.4 Å². The second kappa shape index (κ2) is 67.3. The molecule has 0 aromatic rings. The molecule has 0 aliphatic heterocycles. The Balaban J connectivity index is 4.97. The topological polar surface area (TPSA) is 114 Å². The van der Waals surface area contributed by atoms with Crippen molar-refractivity contribution in [3.63, 3.8) is 0 Å². The van der Waals surface area contributed by atoms with Gasteiger partial charge in [-0.25, -0.2) is 0 Å². The van der Waals surface area contributed by atoms with Crippen LogP contribution in [0.1, 0.15) is 361 Å². The molecule has 88 heavy (non-hydrogen) atoms. The van der Waals surface area contributed by atoms with Crippen LogP contribution in [-0.2, 0) is 27.9 Å². The lowest BCUT2D eigenvalue weighted by Crippen LogP contribution is -2.47. The van der Waals surface area contributed by atoms with Crippen molar-refractivity contribution in [1.29, 1.82) is 0 Å². The number of carbonyl (C=O) groups is 2. The van der Waals surface area contributed by atoms with Crippen molar-refractivity contribution in [2.75, 3.05) is 40.9 Å². The second-order valence-electron chi connectivity index (χ2n) is 26.8. The number of hydrogen-bond acceptors (Lipinski definition) is 7. The quantitative estimate of drug-likeness (QED) is 0.0212. The highest BCUT2D eigenvalue weighted by Crippen LogP contribution is 2.38. The second-order valence-corrected chi connectivity index (χ2v) is 28.2. The third kappa shape index (κ3) is 67.8. The molecule has 10 heteroatoms. The molecule has 0 saturated heterocycles. The summed E-state index contributed by atoms with van der Waals surface area (Å²) in [5, 5.41) is 3.05. The number of nitrogens with one attached hydrogen (secondary N) is 1. The maximum absolute atomic E-state index is 13.6. The standard InChI is InChI=1S/C78H145N2O7P/c1-7-10-13-16-19-22-25-28-30-32-34-36-38-39-40-41-43-44-46-48-50-52-55-58-61-64-67-70-77(81)79-75(74-86-88(83,84)85-73-72-80(4,5)6)76(69-66-63-60-57-54-27-24-21-18-15-12-9-3)87-78(82)71-68-65-62-59-56-53-51-49-47-45-42-37-35-33-31-29-26-23-20-17-14-11-8-2/h19-20,22-23,28-31,34,36,66,69,75-76H,7-18,21,24-27,32-33,35,37-65,67-68,70-74H2,1-6H3,(H-,79,81,83,84)/b22-19-,23-20-,30-28-,31-29-,36-34-,69-66-. The minimum absolute atomic E-state index is 0.0227. The predicted octanol–water partition coefficient (Wildman–Crippen LogP) is 23.7. The maximum atomic E-state index is 13.6. The molecule has 0 heterocycles. The first-order valence-electron chi connectivity index (χ1n) is 37.7. The molecule has 0 bridgehead atoms. The number of hydrogen-bond donors (Lipinski definition) is 1. The Morgan fingerprint density at radius 1 is 0.398 bits per heavy atom. The summed E-state index contributed by atoms with van der Waals surface area (Å²) in [6.07, 6.45) is 88.9. The molecule has 0 rings (SSSR count). The fourth-order valence-corrected chi connectivity index (χ4v) is 11.8. The molecule has 0 aromatic heterocycles. The zero-order valence-electron chi connectivity index (χ0n) is 58.9. The molecule has 514 valence electrons. The molecular weight excluding hydrogens is 1110 g/mol. The molecule has 0 saturated carbocycles. The number of phosphoric ester groups is 1. The third-order valence-corrected chi connectivity index (χ3v) is 17.8. The van der Waals surface area contributed by atoms with E-state index in [2.05, 4.69) is 86.8 Å². The maximum Gasteiger partial charge on any atom is 0.306 e. The highest BCUT2D eigenvalue weighted by atomic mass is 31.2. The van der Waals surface area contributed by atoms with Gasteiger partial charge in [0.2, 0.25) is 5.91 Å². The van der Waals surface area contributed by atoms with Crippen LogP contribution in [0.15, 0.2) is 72.9 Å². The minimum Gasteiger partial charge on any atom is -0.756 e. The number of ether oxygens (including phenoxy) is 1. The van der Waals surface area contributed by atoms with Crippen molar-refractivity contribution < 1.29 is 37.3 Å². The van der Waals surface area contributed by atoms with Gasteiger partial charge in [0.1, 0.15) is 19.3 Å². The van der Waals surface area contributed by atoms with Crippen LogP contribution < -0.4 is 10.2 Å². The smallest absolute Gasteiger partial charge is 0.306 e. The van der Waals surface area contributed by atoms with Gasteiger partial charge in [-0.1, -0.05) is 319 Å². The normalized spacial score (nSPS) is 13.9. The van der Waals surface area contributed by atoms with Crippen molar-refractivity contribution in [3.8, 4) is 0 Å². The molecule has 1 N–H and O–H groups in total. The van der Waals surface area contributed by atoms with Gasteiger partial charge in [0.25, 0.3) is 7.82 Å². The van der Waals surface area contributed by atoms with Crippen LogP contribution in [0.5, 0.6) is 0 Å². The van der Waals surface area contributed by atoms with E-state index in [4.69, 9.17) is 13.8 Å². The van der Waals surface area contributed by atoms with E-state index in [1.54, 1.807) is 0 Å². The molecule has 3 unspecified atom stereocenters. The van der Waals surface area contributed by atoms with Crippen molar-refractivity contribution in [2.24, 2.45) is 0 Å². The highest BCUT2D eigenvalue weighted by molar-refractivity contribution is 7.45. The Morgan fingerprint density at radius 2 is 0.693 bits per heavy atom. The van der Waals surface area contributed by atoms with Gasteiger partial charge in [-0.2, -0.15) is 0 Å². The summed E-state index contributed by atoms with van der Waals surface area (Å²) in [6.45, 7) is 6.84. The van der Waals surface area contributed by atoms with Gasteiger partial charge in [0, 0.05) is 12.8 Å². The summed E-state index contributed by atoms with van der Waals surface area (Å²) < 4.78 is 30.5. The Kier molecular flexibility index (Phi) is 65.4. The summed E-state index contributed by atoms with van der Waals surface area (Å²) in [5.74, 6) is -0.529. The SMILES string of the molecule is CCCCC/C=C\C/C=C\C/C=C\CCCCCCCCCCCCCCCCC(=O)NC(COP(=O)([O-])OCC[N+](C)(C)C)C(/C=C\CCCCCCCCCCCC)OC(=O)CCCCCCCCCCCCCCC/C=C\C/C=C\CCCCC. The summed E-state index contributed by atoms with van der Waals surface area (Å²) in [7, 11) is 1.19. The number of rotatable bonds is 69. The lowest BCUT2D eigenvalue weighted by Gasteiger charge is -2.30. The zero-order chi connectivity index (χ0) is 64.2. The van der Waals surface area contributed by atoms with Crippen LogP contribution in [0.2, 0.25) is 0 Å². The number of carbonyl (C=O) groups excluding carboxylic acids is 2. The Morgan fingerprint density at radius 3 is 1.06 bits per heavy atom. The summed E-state index contributed by atoms with van der Waals surface area (Å²) in [6, 6.07) is -0.891. The number of nitrogens with zero attached hydrogens (tertiary/aromatic N) is 1. The van der Waals surface area contributed by atoms with E-state index in [1.165, 1.54) is 250 Å². The first-order chi connectivity index (χ1) is 42.9. The number of amides is 1. The fourth-order valence-electron chi connectivity index (χ4n) is 11.0. The molecule has 0 radical (unpaired) electrons. The minimum atomic E-state index is -4.71. The summed E-state index contributed by atoms with van der Waals surface area (Å²) in [5.41, 5.74) is 0. The molecule has 1 amide bonds. The van der Waals surface area contributed by atoms with Crippen molar-refractivity contribution in [2.45, 2.75) is 373 Å². The molecule has 0 fully saturated rings. The van der Waals surface area contributed by atoms with Gasteiger partial charge in [0.15, 0.2) is 0 Å². The molecule has 9 nitrogen and oxygen atoms in total. The van der Waals surface area contributed by atoms with Crippen LogP contribution in [0, 0.1) is 0 Å². The van der Waals surface area contributed by atoms with E-state index in [0.29, 0.717) is 17.4 Å². The van der Waals surface area contributed by atoms with Crippen LogP contribution >= 0.6 is 7.82 Å². The van der Waals surface area contributed by atoms with E-state index in [9.17, 15) is 19.0 Å². The van der Waals surface area contributed by atoms with E-state index >= 15 is 0 Å². The average molecular weight is 1250 g/mol. The fraction of sp³-hybridized carbons (Fsp3) is 0.821. The van der Waals surface area contributed by atoms with Gasteiger partial charge >= 0.3 is 5.97 Å². The largest absolute Gasteiger partial charge is 0.756 e. The number of phosphoric acid groups is 1. The Labute approximate surface area is 546 Å². The first kappa shape index (κ1) is 85.5. The van der Waals surface area contributed by atoms with Crippen LogP contribution in [0.4, 0.5) is 0 Å². The molecule has 0 aliphatic rings. The predicted molar refractivity (Wildman–Crippen MR) is 381 cm³/mol. The monoisotopic (exact) mass is 1250 g/mol. The van der Waals surface area contributed by atoms with Crippen molar-refractivity contribution in [3.05, 3.63) is 72.9 Å². The van der Waals surface area contributed by atoms with E-state index in [1.807, 2.05) is 33.3 Å². The third-order valence-electron chi connectivity index (χ3n) is 16.9. The number of unbranched alkanes of at least 4 members (excludes halogenated alkanes) is 43. The molecule has 3 atom stereocenters. The summed E-state index contributed by atoms with van der Waals surface area (Å²) >= 11 is 0. The molecule has 0 spiro atoms. The molecule has 0 aliphatic carbocycles. The van der Waals surface area contributed by atoms with Crippen molar-refractivity contribution in [1.82, 2.24) is 5.32 Å². The van der Waals surface area contributed by atoms with Gasteiger partial charge in [-0.3, -0.25) is 14.2 Å². The van der Waals surface area contributed by atoms with E-state index in [-0.39, 0.29) is 31.5 Å². The lowest BCUT2D eigenvalue weighted by atomic mass is 10.0. The van der Waals surface area contributed by atoms with E-state index in [0.717, 1.165) is 77.0 Å². The highest BCUT2D eigenvalue weighted by Gasteiger charge is 2.27. The van der Waals surface area contributed by atoms with Crippen LogP contribution in [0.3, 0.4) is 0 Å². The zero-order valence-corrected chi connectivity index (χ0v) is 59.8. The summed E-state index contributed by atoms with van der Waals surface area (Å²) in [4.78, 5) is 40.3. The van der Waals surface area contributed by atoms with Gasteiger partial charge in [0.05, 0.1) is 33.8 Å². The first-order valence-corrected chi connectivity index (χ1v) is 39.2. The molecule has 0 aromatic carbocycles. The average Bonchev–Trinajstić information content (AvgIpc) is 3.66. The van der Waals surface area contributed by atoms with Crippen molar-refractivity contribution >= 4 is 19.7 Å². The lowest BCUT2D eigenvalue weighted by molar-refractivity contribution is -0.870. The van der Waals surface area contributed by atoms with Gasteiger partial charge < -0.3 is 28.5 Å². The Bertz CT molecular complexity index is 1730. The van der Waals surface area contributed by atoms with Crippen LogP contribution in [0.25, 0.3) is 0 Å². The van der Waals surface area contributed by atoms with Gasteiger partial charge in [-0.05, 0) is 102 Å². The van der Waals surface area contributed by atoms with Gasteiger partial charge in [-0.15, -0.1) is 0 Å². The Hall–Kier alpha value is -2.55. The van der Waals surface area contributed by atoms with E-state index < -0.39 is 20.0 Å². The number of esters is 1. The number of allylic oxidation sites excluding steroid dienone is 11. The number of likely N-dealkylation sites (N-methyl/N-ethyl adjacent to an activating group) is 1.